The van der Waals surface area contributed by atoms with Crippen molar-refractivity contribution in [1.29, 1.82) is 0 Å². The SMILES string of the molecule is O=C(N[C@H](CN1CCCC1)[C@H](O)c1ccc2c(c1)OCCO2)C(F)(F)c1cc2cc(Cl)ccc2s1. The van der Waals surface area contributed by atoms with Gasteiger partial charge in [-0.15, -0.1) is 11.3 Å². The average molecular weight is 523 g/mol. The molecule has 1 aromatic heterocycles. The minimum Gasteiger partial charge on any atom is -0.486 e. The Bertz CT molecular complexity index is 1230. The maximum atomic E-state index is 15.3. The Labute approximate surface area is 210 Å². The maximum absolute atomic E-state index is 15.3. The summed E-state index contributed by atoms with van der Waals surface area (Å²) in [6.07, 6.45) is 0.759. The van der Waals surface area contributed by atoms with Crippen LogP contribution in [-0.2, 0) is 10.7 Å². The van der Waals surface area contributed by atoms with Crippen molar-refractivity contribution in [2.45, 2.75) is 30.9 Å². The standard InChI is InChI=1S/C25H25ClF2N2O4S/c26-17-4-6-21-16(11-17)13-22(35-21)25(27,28)24(32)29-18(14-30-7-1-2-8-30)23(31)15-3-5-19-20(12-15)34-10-9-33-19/h3-6,11-13,18,23,31H,1-2,7-10,14H2,(H,29,32)/t18-,23-/m1/s1. The third-order valence-corrected chi connectivity index (χ3v) is 7.75. The highest BCUT2D eigenvalue weighted by Gasteiger charge is 2.44. The van der Waals surface area contributed by atoms with Crippen LogP contribution < -0.4 is 14.8 Å². The molecule has 0 radical (unpaired) electrons. The Morgan fingerprint density at radius 1 is 1.11 bits per heavy atom. The molecule has 6 nitrogen and oxygen atoms in total. The summed E-state index contributed by atoms with van der Waals surface area (Å²) in [7, 11) is 0. The van der Waals surface area contributed by atoms with Crippen molar-refractivity contribution in [2.75, 3.05) is 32.8 Å². The van der Waals surface area contributed by atoms with E-state index >= 15 is 8.78 Å². The van der Waals surface area contributed by atoms with E-state index in [2.05, 4.69) is 10.2 Å². The van der Waals surface area contributed by atoms with E-state index in [1.807, 2.05) is 0 Å². The molecule has 2 aromatic carbocycles. The second-order valence-electron chi connectivity index (χ2n) is 8.80. The summed E-state index contributed by atoms with van der Waals surface area (Å²) in [5, 5.41) is 14.6. The number of nitrogens with zero attached hydrogens (tertiary/aromatic N) is 1. The molecule has 186 valence electrons. The lowest BCUT2D eigenvalue weighted by molar-refractivity contribution is -0.148. The first-order valence-corrected chi connectivity index (χ1v) is 12.7. The van der Waals surface area contributed by atoms with Gasteiger partial charge in [0.2, 0.25) is 0 Å². The van der Waals surface area contributed by atoms with Gasteiger partial charge in [0, 0.05) is 16.3 Å². The van der Waals surface area contributed by atoms with Crippen LogP contribution in [0.25, 0.3) is 10.1 Å². The summed E-state index contributed by atoms with van der Waals surface area (Å²) in [5.41, 5.74) is 0.457. The number of halogens is 3. The zero-order chi connectivity index (χ0) is 24.6. The number of nitrogens with one attached hydrogen (secondary N) is 1. The van der Waals surface area contributed by atoms with Crippen LogP contribution >= 0.6 is 22.9 Å². The van der Waals surface area contributed by atoms with Crippen molar-refractivity contribution in [2.24, 2.45) is 0 Å². The molecule has 35 heavy (non-hydrogen) atoms. The third-order valence-electron chi connectivity index (χ3n) is 6.33. The lowest BCUT2D eigenvalue weighted by Gasteiger charge is -2.30. The molecule has 0 aliphatic carbocycles. The fourth-order valence-corrected chi connectivity index (χ4v) is 5.68. The van der Waals surface area contributed by atoms with Gasteiger partial charge < -0.3 is 24.8 Å². The van der Waals surface area contributed by atoms with E-state index in [4.69, 9.17) is 21.1 Å². The molecule has 1 saturated heterocycles. The predicted octanol–water partition coefficient (Wildman–Crippen LogP) is 4.73. The first-order valence-electron chi connectivity index (χ1n) is 11.5. The number of ether oxygens (including phenoxy) is 2. The minimum absolute atomic E-state index is 0.249. The van der Waals surface area contributed by atoms with E-state index in [0.717, 1.165) is 37.3 Å². The van der Waals surface area contributed by atoms with Gasteiger partial charge in [-0.1, -0.05) is 17.7 Å². The first kappa shape index (κ1) is 24.2. The van der Waals surface area contributed by atoms with Crippen molar-refractivity contribution in [3.63, 3.8) is 0 Å². The number of fused-ring (bicyclic) bond motifs is 2. The van der Waals surface area contributed by atoms with Crippen molar-refractivity contribution in [3.8, 4) is 11.5 Å². The largest absolute Gasteiger partial charge is 0.486 e. The topological polar surface area (TPSA) is 71.0 Å². The number of hydrogen-bond donors (Lipinski definition) is 2. The number of likely N-dealkylation sites (tertiary alicyclic amines) is 1. The quantitative estimate of drug-likeness (QED) is 0.469. The number of benzene rings is 2. The molecule has 5 rings (SSSR count). The summed E-state index contributed by atoms with van der Waals surface area (Å²) < 4.78 is 42.3. The lowest BCUT2D eigenvalue weighted by atomic mass is 10.0. The molecule has 3 aromatic rings. The molecular formula is C25H25ClF2N2O4S. The van der Waals surface area contributed by atoms with Crippen LogP contribution in [0.3, 0.4) is 0 Å². The minimum atomic E-state index is -3.77. The summed E-state index contributed by atoms with van der Waals surface area (Å²) >= 11 is 6.83. The molecule has 2 N–H and O–H groups in total. The van der Waals surface area contributed by atoms with Crippen LogP contribution in [0, 0.1) is 0 Å². The molecule has 2 atom stereocenters. The summed E-state index contributed by atoms with van der Waals surface area (Å²) in [5.74, 6) is -4.18. The number of aliphatic hydroxyl groups excluding tert-OH is 1. The Morgan fingerprint density at radius 3 is 2.63 bits per heavy atom. The summed E-state index contributed by atoms with van der Waals surface area (Å²) in [6.45, 7) is 2.63. The van der Waals surface area contributed by atoms with Gasteiger partial charge in [0.25, 0.3) is 5.91 Å². The van der Waals surface area contributed by atoms with Crippen molar-refractivity contribution in [1.82, 2.24) is 10.2 Å². The van der Waals surface area contributed by atoms with Gasteiger partial charge in [0.1, 0.15) is 19.3 Å². The molecule has 0 unspecified atom stereocenters. The number of carbonyl (C=O) groups is 1. The zero-order valence-electron chi connectivity index (χ0n) is 18.8. The highest BCUT2D eigenvalue weighted by atomic mass is 35.5. The van der Waals surface area contributed by atoms with E-state index < -0.39 is 24.0 Å². The van der Waals surface area contributed by atoms with E-state index in [0.29, 0.717) is 45.4 Å². The fourth-order valence-electron chi connectivity index (χ4n) is 4.48. The maximum Gasteiger partial charge on any atom is 0.358 e. The van der Waals surface area contributed by atoms with Gasteiger partial charge in [0.15, 0.2) is 11.5 Å². The van der Waals surface area contributed by atoms with Gasteiger partial charge >= 0.3 is 5.92 Å². The van der Waals surface area contributed by atoms with E-state index in [1.54, 1.807) is 36.4 Å². The van der Waals surface area contributed by atoms with E-state index in [9.17, 15) is 9.90 Å². The number of carbonyl (C=O) groups excluding carboxylic acids is 1. The third kappa shape index (κ3) is 5.09. The normalized spacial score (nSPS) is 17.9. The van der Waals surface area contributed by atoms with Crippen LogP contribution in [0.1, 0.15) is 29.4 Å². The molecule has 0 spiro atoms. The van der Waals surface area contributed by atoms with Gasteiger partial charge in [0.05, 0.1) is 10.9 Å². The number of rotatable bonds is 7. The Kier molecular flexibility index (Phi) is 6.85. The molecule has 0 bridgehead atoms. The smallest absolute Gasteiger partial charge is 0.358 e. The molecule has 2 aliphatic rings. The van der Waals surface area contributed by atoms with E-state index in [1.165, 1.54) is 6.07 Å². The van der Waals surface area contributed by atoms with Crippen LogP contribution in [-0.4, -0.2) is 54.8 Å². The molecular weight excluding hydrogens is 498 g/mol. The molecule has 10 heteroatoms. The predicted molar refractivity (Wildman–Crippen MR) is 131 cm³/mol. The summed E-state index contributed by atoms with van der Waals surface area (Å²) in [6, 6.07) is 10.2. The Hall–Kier alpha value is -2.46. The van der Waals surface area contributed by atoms with Gasteiger partial charge in [-0.05, 0) is 73.3 Å². The van der Waals surface area contributed by atoms with Crippen molar-refractivity contribution < 1.29 is 28.2 Å². The first-order chi connectivity index (χ1) is 16.8. The van der Waals surface area contributed by atoms with Crippen LogP contribution in [0.2, 0.25) is 5.02 Å². The number of thiophene rings is 1. The fraction of sp³-hybridized carbons (Fsp3) is 0.400. The zero-order valence-corrected chi connectivity index (χ0v) is 20.4. The lowest BCUT2D eigenvalue weighted by Crippen LogP contribution is -2.50. The van der Waals surface area contributed by atoms with Crippen LogP contribution in [0.15, 0.2) is 42.5 Å². The Balaban J connectivity index is 1.39. The van der Waals surface area contributed by atoms with Crippen LogP contribution in [0.4, 0.5) is 8.78 Å². The molecule has 1 fully saturated rings. The summed E-state index contributed by atoms with van der Waals surface area (Å²) in [4.78, 5) is 14.6. The van der Waals surface area contributed by atoms with Gasteiger partial charge in [-0.2, -0.15) is 8.78 Å². The number of amides is 1. The van der Waals surface area contributed by atoms with Crippen molar-refractivity contribution >= 4 is 38.9 Å². The second-order valence-corrected chi connectivity index (χ2v) is 10.3. The molecule has 3 heterocycles. The highest BCUT2D eigenvalue weighted by Crippen LogP contribution is 2.39. The number of alkyl halides is 2. The number of aliphatic hydroxyl groups is 1. The van der Waals surface area contributed by atoms with Crippen molar-refractivity contribution in [3.05, 3.63) is 57.9 Å². The average Bonchev–Trinajstić information content (AvgIpc) is 3.52. The molecule has 1 amide bonds. The van der Waals surface area contributed by atoms with Crippen LogP contribution in [0.5, 0.6) is 11.5 Å². The molecule has 2 aliphatic heterocycles. The monoisotopic (exact) mass is 522 g/mol. The van der Waals surface area contributed by atoms with Gasteiger partial charge in [-0.3, -0.25) is 4.79 Å². The molecule has 0 saturated carbocycles. The second kappa shape index (κ2) is 9.89. The van der Waals surface area contributed by atoms with E-state index in [-0.39, 0.29) is 11.4 Å². The number of hydrogen-bond acceptors (Lipinski definition) is 6. The Morgan fingerprint density at radius 2 is 1.86 bits per heavy atom. The highest BCUT2D eigenvalue weighted by molar-refractivity contribution is 7.19. The van der Waals surface area contributed by atoms with Gasteiger partial charge in [-0.25, -0.2) is 0 Å².